The number of carboxylic acids is 1. The van der Waals surface area contributed by atoms with Crippen molar-refractivity contribution in [3.63, 3.8) is 0 Å². The predicted molar refractivity (Wildman–Crippen MR) is 65.6 cm³/mol. The van der Waals surface area contributed by atoms with E-state index in [1.54, 1.807) is 6.92 Å². The van der Waals surface area contributed by atoms with Gasteiger partial charge >= 0.3 is 15.3 Å². The maximum Gasteiger partial charge on any atom is 0.352 e. The van der Waals surface area contributed by atoms with Crippen LogP contribution in [0.25, 0.3) is 0 Å². The van der Waals surface area contributed by atoms with Gasteiger partial charge in [0.1, 0.15) is 0 Å². The van der Waals surface area contributed by atoms with Gasteiger partial charge in [-0.2, -0.15) is 0 Å². The van der Waals surface area contributed by atoms with E-state index in [1.165, 1.54) is 0 Å². The van der Waals surface area contributed by atoms with Crippen molar-refractivity contribution in [3.8, 4) is 0 Å². The highest BCUT2D eigenvalue weighted by atomic mass is 28.3. The van der Waals surface area contributed by atoms with Gasteiger partial charge in [0.15, 0.2) is 0 Å². The fourth-order valence-corrected chi connectivity index (χ4v) is 3.55. The molecule has 0 atom stereocenters. The van der Waals surface area contributed by atoms with E-state index in [2.05, 4.69) is 0 Å². The molecule has 0 aliphatic carbocycles. The maximum atomic E-state index is 11.0. The van der Waals surface area contributed by atoms with Gasteiger partial charge in [0, 0.05) is 18.8 Å². The minimum atomic E-state index is -1.98. The second-order valence-electron chi connectivity index (χ2n) is 3.45. The molecule has 0 bridgehead atoms. The third-order valence-corrected chi connectivity index (χ3v) is 4.81. The topological polar surface area (TPSA) is 55.8 Å². The molecule has 0 saturated heterocycles. The molecule has 94 valence electrons. The Balaban J connectivity index is 4.96. The molecule has 0 aromatic heterocycles. The summed E-state index contributed by atoms with van der Waals surface area (Å²) in [7, 11) is -1.98. The van der Waals surface area contributed by atoms with Crippen LogP contribution in [-0.4, -0.2) is 33.6 Å². The zero-order valence-electron chi connectivity index (χ0n) is 10.6. The summed E-state index contributed by atoms with van der Waals surface area (Å²) < 4.78 is 11.1. The van der Waals surface area contributed by atoms with E-state index in [-0.39, 0.29) is 0 Å². The van der Waals surface area contributed by atoms with Gasteiger partial charge in [-0.15, -0.1) is 0 Å². The first-order valence-corrected chi connectivity index (χ1v) is 7.26. The third-order valence-electron chi connectivity index (χ3n) is 2.24. The molecule has 0 radical (unpaired) electrons. The molecule has 0 aromatic carbocycles. The zero-order chi connectivity index (χ0) is 12.6. The predicted octanol–water partition coefficient (Wildman–Crippen LogP) is 2.02. The number of hydrogen-bond donors (Lipinski definition) is 1. The first kappa shape index (κ1) is 15.3. The van der Waals surface area contributed by atoms with Crippen molar-refractivity contribution in [2.45, 2.75) is 40.5 Å². The van der Waals surface area contributed by atoms with E-state index in [4.69, 9.17) is 14.0 Å². The molecule has 0 rings (SSSR count). The second kappa shape index (κ2) is 8.49. The summed E-state index contributed by atoms with van der Waals surface area (Å²) in [5, 5.41) is 9.89. The summed E-state index contributed by atoms with van der Waals surface area (Å²) in [6.45, 7) is 8.59. The molecule has 0 aliphatic heterocycles. The lowest BCUT2D eigenvalue weighted by atomic mass is 10.2. The van der Waals surface area contributed by atoms with Crippen LogP contribution < -0.4 is 0 Å². The molecule has 0 saturated carbocycles. The van der Waals surface area contributed by atoms with Crippen LogP contribution in [0.5, 0.6) is 0 Å². The van der Waals surface area contributed by atoms with Gasteiger partial charge in [0.25, 0.3) is 0 Å². The van der Waals surface area contributed by atoms with Crippen molar-refractivity contribution < 1.29 is 18.8 Å². The first-order valence-electron chi connectivity index (χ1n) is 5.74. The van der Waals surface area contributed by atoms with Gasteiger partial charge in [0.05, 0.1) is 0 Å². The van der Waals surface area contributed by atoms with Crippen molar-refractivity contribution in [2.24, 2.45) is 0 Å². The van der Waals surface area contributed by atoms with Gasteiger partial charge < -0.3 is 14.0 Å². The Morgan fingerprint density at radius 3 is 2.00 bits per heavy atom. The van der Waals surface area contributed by atoms with Gasteiger partial charge in [-0.1, -0.05) is 13.3 Å². The van der Waals surface area contributed by atoms with Crippen molar-refractivity contribution in [3.05, 3.63) is 10.8 Å². The van der Waals surface area contributed by atoms with Gasteiger partial charge in [-0.25, -0.2) is 4.79 Å². The number of carboxylic acid groups (broad SMARTS) is 1. The van der Waals surface area contributed by atoms with Crippen molar-refractivity contribution in [2.75, 3.05) is 13.2 Å². The van der Waals surface area contributed by atoms with Crippen molar-refractivity contribution in [1.29, 1.82) is 0 Å². The normalized spacial score (nSPS) is 12.8. The third kappa shape index (κ3) is 4.91. The highest BCUT2D eigenvalue weighted by molar-refractivity contribution is 6.54. The van der Waals surface area contributed by atoms with E-state index in [1.807, 2.05) is 20.8 Å². The number of rotatable bonds is 8. The molecule has 4 nitrogen and oxygen atoms in total. The Morgan fingerprint density at radius 2 is 1.69 bits per heavy atom. The number of carbonyl (C=O) groups is 1. The summed E-state index contributed by atoms with van der Waals surface area (Å²) in [4.78, 5) is 11.0. The molecule has 16 heavy (non-hydrogen) atoms. The monoisotopic (exact) mass is 246 g/mol. The molecule has 0 fully saturated rings. The standard InChI is InChI=1S/C11H22O4Si/c1-5-8-10(9(4)11(12)13)16(14-6-2)15-7-3/h16H,5-8H2,1-4H3,(H,12,13)/b10-9+. The Bertz CT molecular complexity index is 244. The van der Waals surface area contributed by atoms with Crippen LogP contribution in [0.3, 0.4) is 0 Å². The van der Waals surface area contributed by atoms with Crippen LogP contribution >= 0.6 is 0 Å². The molecule has 0 unspecified atom stereocenters. The molecule has 0 amide bonds. The summed E-state index contributed by atoms with van der Waals surface area (Å²) in [5.74, 6) is -0.875. The largest absolute Gasteiger partial charge is 0.478 e. The summed E-state index contributed by atoms with van der Waals surface area (Å²) >= 11 is 0. The minimum Gasteiger partial charge on any atom is -0.478 e. The van der Waals surface area contributed by atoms with Crippen LogP contribution in [0.2, 0.25) is 0 Å². The number of aliphatic carboxylic acids is 1. The lowest BCUT2D eigenvalue weighted by molar-refractivity contribution is -0.132. The summed E-state index contributed by atoms with van der Waals surface area (Å²) in [6, 6.07) is 0. The minimum absolute atomic E-state index is 0.389. The van der Waals surface area contributed by atoms with Crippen LogP contribution in [0.15, 0.2) is 10.8 Å². The smallest absolute Gasteiger partial charge is 0.352 e. The Morgan fingerprint density at radius 1 is 1.19 bits per heavy atom. The molecule has 5 heteroatoms. The molecule has 0 heterocycles. The lowest BCUT2D eigenvalue weighted by Crippen LogP contribution is -2.28. The maximum absolute atomic E-state index is 11.0. The molecular weight excluding hydrogens is 224 g/mol. The summed E-state index contributed by atoms with van der Waals surface area (Å²) in [6.07, 6.45) is 1.65. The molecule has 0 aromatic rings. The van der Waals surface area contributed by atoms with E-state index in [9.17, 15) is 4.79 Å². The molecule has 0 aliphatic rings. The van der Waals surface area contributed by atoms with E-state index >= 15 is 0 Å². The average molecular weight is 246 g/mol. The van der Waals surface area contributed by atoms with Gasteiger partial charge in [-0.05, 0) is 32.4 Å². The molecule has 1 N–H and O–H groups in total. The fraction of sp³-hybridized carbons (Fsp3) is 0.727. The SMILES string of the molecule is CCC/C(=C(/C)C(=O)O)[SiH](OCC)OCC. The fourth-order valence-electron chi connectivity index (χ4n) is 1.44. The summed E-state index contributed by atoms with van der Waals surface area (Å²) in [5.41, 5.74) is 0.389. The van der Waals surface area contributed by atoms with E-state index in [0.717, 1.165) is 18.0 Å². The highest BCUT2D eigenvalue weighted by Gasteiger charge is 2.22. The molecular formula is C11H22O4Si. The van der Waals surface area contributed by atoms with E-state index < -0.39 is 15.3 Å². The lowest BCUT2D eigenvalue weighted by Gasteiger charge is -2.19. The van der Waals surface area contributed by atoms with Crippen LogP contribution in [-0.2, 0) is 13.6 Å². The molecule has 0 spiro atoms. The van der Waals surface area contributed by atoms with E-state index in [0.29, 0.717) is 18.8 Å². The quantitative estimate of drug-likeness (QED) is 0.526. The van der Waals surface area contributed by atoms with Crippen molar-refractivity contribution in [1.82, 2.24) is 0 Å². The van der Waals surface area contributed by atoms with Gasteiger partial charge in [0.2, 0.25) is 0 Å². The van der Waals surface area contributed by atoms with Gasteiger partial charge in [-0.3, -0.25) is 0 Å². The Kier molecular flexibility index (Phi) is 8.15. The van der Waals surface area contributed by atoms with Crippen molar-refractivity contribution >= 4 is 15.3 Å². The Labute approximate surface area is 99.1 Å². The highest BCUT2D eigenvalue weighted by Crippen LogP contribution is 2.17. The van der Waals surface area contributed by atoms with Crippen LogP contribution in [0, 0.1) is 0 Å². The van der Waals surface area contributed by atoms with Crippen LogP contribution in [0.1, 0.15) is 40.5 Å². The number of hydrogen-bond acceptors (Lipinski definition) is 3. The number of allylic oxidation sites excluding steroid dienone is 1. The zero-order valence-corrected chi connectivity index (χ0v) is 11.7. The first-order chi connectivity index (χ1) is 7.58. The average Bonchev–Trinajstić information content (AvgIpc) is 2.24. The van der Waals surface area contributed by atoms with Crippen LogP contribution in [0.4, 0.5) is 0 Å². The second-order valence-corrected chi connectivity index (χ2v) is 5.48. The Hall–Kier alpha value is -0.653.